The molecule has 144 valence electrons. The molecule has 0 atom stereocenters. The van der Waals surface area contributed by atoms with E-state index >= 15 is 0 Å². The van der Waals surface area contributed by atoms with E-state index in [1.165, 1.54) is 31.7 Å². The van der Waals surface area contributed by atoms with Crippen LogP contribution in [0.5, 0.6) is 0 Å². The third-order valence-electron chi connectivity index (χ3n) is 5.38. The molecule has 0 bridgehead atoms. The van der Waals surface area contributed by atoms with Crippen LogP contribution in [0, 0.1) is 16.0 Å². The molecule has 2 aliphatic rings. The summed E-state index contributed by atoms with van der Waals surface area (Å²) >= 11 is 0. The Hall–Kier alpha value is -1.67. The average molecular weight is 382 g/mol. The summed E-state index contributed by atoms with van der Waals surface area (Å²) in [6.07, 6.45) is 7.89. The topological polar surface area (TPSA) is 89.8 Å². The van der Waals surface area contributed by atoms with Crippen molar-refractivity contribution in [2.75, 3.05) is 30.9 Å². The lowest BCUT2D eigenvalue weighted by Gasteiger charge is -2.33. The number of benzene rings is 1. The number of rotatable bonds is 6. The van der Waals surface area contributed by atoms with E-state index < -0.39 is 14.8 Å². The zero-order valence-electron chi connectivity index (χ0n) is 15.1. The Kier molecular flexibility index (Phi) is 5.82. The number of hydrogen-bond acceptors (Lipinski definition) is 6. The van der Waals surface area contributed by atoms with Gasteiger partial charge in [-0.05, 0) is 43.7 Å². The minimum atomic E-state index is -3.66. The summed E-state index contributed by atoms with van der Waals surface area (Å²) in [7, 11) is -3.66. The molecule has 0 radical (unpaired) electrons. The van der Waals surface area contributed by atoms with Crippen LogP contribution >= 0.6 is 0 Å². The maximum absolute atomic E-state index is 11.9. The molecule has 1 aliphatic heterocycles. The van der Waals surface area contributed by atoms with Crippen LogP contribution in [-0.4, -0.2) is 45.4 Å². The number of piperidine rings is 1. The number of anilines is 1. The number of sulfone groups is 1. The van der Waals surface area contributed by atoms with Gasteiger partial charge in [-0.3, -0.25) is 10.1 Å². The quantitative estimate of drug-likeness (QED) is 0.554. The van der Waals surface area contributed by atoms with Gasteiger partial charge in [0.25, 0.3) is 0 Å². The van der Waals surface area contributed by atoms with Crippen molar-refractivity contribution < 1.29 is 18.1 Å². The van der Waals surface area contributed by atoms with Crippen molar-refractivity contribution in [3.8, 4) is 0 Å². The molecule has 1 aromatic rings. The third kappa shape index (κ3) is 4.35. The minimum Gasteiger partial charge on any atom is -0.378 e. The van der Waals surface area contributed by atoms with Crippen molar-refractivity contribution in [2.45, 2.75) is 49.5 Å². The summed E-state index contributed by atoms with van der Waals surface area (Å²) in [4.78, 5) is 12.6. The van der Waals surface area contributed by atoms with E-state index in [9.17, 15) is 18.5 Å². The highest BCUT2D eigenvalue weighted by Crippen LogP contribution is 2.36. The monoisotopic (exact) mass is 382 g/mol. The van der Waals surface area contributed by atoms with Gasteiger partial charge in [-0.1, -0.05) is 18.9 Å². The fourth-order valence-corrected chi connectivity index (χ4v) is 4.82. The first-order valence-corrected chi connectivity index (χ1v) is 11.1. The molecule has 8 heteroatoms. The fraction of sp³-hybridized carbons (Fsp3) is 0.667. The summed E-state index contributed by atoms with van der Waals surface area (Å²) in [5.41, 5.74) is 0.0625. The second kappa shape index (κ2) is 7.92. The van der Waals surface area contributed by atoms with Crippen molar-refractivity contribution in [1.29, 1.82) is 0 Å². The maximum atomic E-state index is 11.9. The molecule has 1 aromatic carbocycles. The predicted molar refractivity (Wildman–Crippen MR) is 99.4 cm³/mol. The molecule has 0 N–H and O–H groups in total. The Labute approximate surface area is 154 Å². The van der Waals surface area contributed by atoms with Crippen molar-refractivity contribution in [3.63, 3.8) is 0 Å². The molecule has 26 heavy (non-hydrogen) atoms. The second-order valence-corrected chi connectivity index (χ2v) is 9.31. The molecule has 1 aliphatic carbocycles. The predicted octanol–water partition coefficient (Wildman–Crippen LogP) is 3.17. The van der Waals surface area contributed by atoms with Gasteiger partial charge in [0.1, 0.15) is 10.6 Å². The smallest absolute Gasteiger partial charge is 0.311 e. The molecule has 0 unspecified atom stereocenters. The summed E-state index contributed by atoms with van der Waals surface area (Å²) in [5, 5.41) is 11.5. The Bertz CT molecular complexity index is 751. The number of nitro groups is 1. The molecule has 7 nitrogen and oxygen atoms in total. The molecule has 1 saturated heterocycles. The van der Waals surface area contributed by atoms with Gasteiger partial charge >= 0.3 is 5.69 Å². The third-order valence-corrected chi connectivity index (χ3v) is 6.51. The van der Waals surface area contributed by atoms with Crippen molar-refractivity contribution >= 4 is 21.2 Å². The van der Waals surface area contributed by atoms with Crippen LogP contribution in [-0.2, 0) is 14.6 Å². The molecule has 2 fully saturated rings. The first-order chi connectivity index (χ1) is 12.4. The molecule has 0 spiro atoms. The molecule has 0 aromatic heterocycles. The SMILES string of the molecule is CS(=O)(=O)c1cccc(N2CCC(OCC3CCCC3)CC2)c1[N+](=O)[O-]. The average Bonchev–Trinajstić information content (AvgIpc) is 3.12. The maximum Gasteiger partial charge on any atom is 0.311 e. The van der Waals surface area contributed by atoms with Gasteiger partial charge in [-0.2, -0.15) is 0 Å². The van der Waals surface area contributed by atoms with Crippen LogP contribution in [0.15, 0.2) is 23.1 Å². The molecular formula is C18H26N2O5S. The van der Waals surface area contributed by atoms with E-state index in [4.69, 9.17) is 4.74 Å². The number of hydrogen-bond donors (Lipinski definition) is 0. The largest absolute Gasteiger partial charge is 0.378 e. The standard InChI is InChI=1S/C18H26N2O5S/c1-26(23,24)17-8-4-7-16(18(17)20(21)22)19-11-9-15(10-12-19)25-13-14-5-2-3-6-14/h4,7-8,14-15H,2-3,5-6,9-13H2,1H3. The van der Waals surface area contributed by atoms with E-state index in [0.717, 1.165) is 25.7 Å². The highest BCUT2D eigenvalue weighted by Gasteiger charge is 2.31. The van der Waals surface area contributed by atoms with Gasteiger partial charge in [0, 0.05) is 26.0 Å². The van der Waals surface area contributed by atoms with Crippen LogP contribution in [0.3, 0.4) is 0 Å². The molecule has 1 heterocycles. The van der Waals surface area contributed by atoms with E-state index in [1.807, 2.05) is 4.90 Å². The Morgan fingerprint density at radius 3 is 2.42 bits per heavy atom. The van der Waals surface area contributed by atoms with Crippen LogP contribution in [0.25, 0.3) is 0 Å². The van der Waals surface area contributed by atoms with E-state index in [1.54, 1.807) is 12.1 Å². The first kappa shape index (κ1) is 19.1. The second-order valence-electron chi connectivity index (χ2n) is 7.32. The summed E-state index contributed by atoms with van der Waals surface area (Å²) < 4.78 is 29.9. The van der Waals surface area contributed by atoms with Gasteiger partial charge in [-0.15, -0.1) is 0 Å². The lowest BCUT2D eigenvalue weighted by Crippen LogP contribution is -2.38. The summed E-state index contributed by atoms with van der Waals surface area (Å²) in [6.45, 7) is 2.07. The molecular weight excluding hydrogens is 356 g/mol. The van der Waals surface area contributed by atoms with Crippen molar-refractivity contribution in [1.82, 2.24) is 0 Å². The first-order valence-electron chi connectivity index (χ1n) is 9.20. The Balaban J connectivity index is 1.68. The minimum absolute atomic E-state index is 0.184. The summed E-state index contributed by atoms with van der Waals surface area (Å²) in [6, 6.07) is 4.50. The number of para-hydroxylation sites is 1. The molecule has 3 rings (SSSR count). The number of nitrogens with zero attached hydrogens (tertiary/aromatic N) is 2. The summed E-state index contributed by atoms with van der Waals surface area (Å²) in [5.74, 6) is 0.681. The van der Waals surface area contributed by atoms with Crippen LogP contribution in [0.4, 0.5) is 11.4 Å². The zero-order chi connectivity index (χ0) is 18.7. The van der Waals surface area contributed by atoms with E-state index in [2.05, 4.69) is 0 Å². The Morgan fingerprint density at radius 1 is 1.19 bits per heavy atom. The van der Waals surface area contributed by atoms with Crippen LogP contribution < -0.4 is 4.90 Å². The van der Waals surface area contributed by atoms with Gasteiger partial charge in [0.2, 0.25) is 0 Å². The zero-order valence-corrected chi connectivity index (χ0v) is 15.9. The molecule has 1 saturated carbocycles. The lowest BCUT2D eigenvalue weighted by molar-refractivity contribution is -0.387. The van der Waals surface area contributed by atoms with Crippen LogP contribution in [0.2, 0.25) is 0 Å². The van der Waals surface area contributed by atoms with Gasteiger partial charge in [0.05, 0.1) is 11.0 Å². The van der Waals surface area contributed by atoms with Crippen molar-refractivity contribution in [2.24, 2.45) is 5.92 Å². The van der Waals surface area contributed by atoms with E-state index in [0.29, 0.717) is 24.7 Å². The van der Waals surface area contributed by atoms with E-state index in [-0.39, 0.29) is 16.7 Å². The number of ether oxygens (including phenoxy) is 1. The van der Waals surface area contributed by atoms with Crippen molar-refractivity contribution in [3.05, 3.63) is 28.3 Å². The highest BCUT2D eigenvalue weighted by molar-refractivity contribution is 7.90. The normalized spacial score (nSPS) is 19.8. The van der Waals surface area contributed by atoms with Gasteiger partial charge in [0.15, 0.2) is 9.84 Å². The Morgan fingerprint density at radius 2 is 1.85 bits per heavy atom. The number of nitro benzene ring substituents is 1. The highest BCUT2D eigenvalue weighted by atomic mass is 32.2. The lowest BCUT2D eigenvalue weighted by atomic mass is 10.1. The van der Waals surface area contributed by atoms with Gasteiger partial charge < -0.3 is 9.64 Å². The van der Waals surface area contributed by atoms with Gasteiger partial charge in [-0.25, -0.2) is 8.42 Å². The fourth-order valence-electron chi connectivity index (χ4n) is 3.96. The molecule has 0 amide bonds. The van der Waals surface area contributed by atoms with Crippen LogP contribution in [0.1, 0.15) is 38.5 Å².